The first kappa shape index (κ1) is 21.1. The highest BCUT2D eigenvalue weighted by Gasteiger charge is 2.16. The second-order valence-corrected chi connectivity index (χ2v) is 7.75. The van der Waals surface area contributed by atoms with E-state index in [-0.39, 0.29) is 17.7 Å². The predicted octanol–water partition coefficient (Wildman–Crippen LogP) is 3.87. The normalized spacial score (nSPS) is 12.0. The van der Waals surface area contributed by atoms with Crippen LogP contribution in [0.15, 0.2) is 59.8 Å². The van der Waals surface area contributed by atoms with Gasteiger partial charge in [0, 0.05) is 12.7 Å². The first-order valence-corrected chi connectivity index (χ1v) is 10.5. The summed E-state index contributed by atoms with van der Waals surface area (Å²) >= 11 is 1.38. The van der Waals surface area contributed by atoms with Gasteiger partial charge in [-0.25, -0.2) is 0 Å². The Balaban J connectivity index is 1.69. The molecule has 0 radical (unpaired) electrons. The lowest BCUT2D eigenvalue weighted by Gasteiger charge is -2.14. The van der Waals surface area contributed by atoms with Gasteiger partial charge in [0.15, 0.2) is 11.0 Å². The van der Waals surface area contributed by atoms with E-state index in [1.807, 2.05) is 66.9 Å². The van der Waals surface area contributed by atoms with Crippen molar-refractivity contribution in [3.8, 4) is 11.4 Å². The Morgan fingerprint density at radius 1 is 1.17 bits per heavy atom. The molecule has 1 aromatic heterocycles. The van der Waals surface area contributed by atoms with Crippen LogP contribution >= 0.6 is 11.8 Å². The summed E-state index contributed by atoms with van der Waals surface area (Å²) in [5, 5.41) is 12.4. The van der Waals surface area contributed by atoms with Crippen LogP contribution in [0.25, 0.3) is 11.4 Å². The van der Waals surface area contributed by atoms with E-state index in [1.165, 1.54) is 11.8 Å². The Bertz CT molecular complexity index is 943. The molecule has 1 amide bonds. The molecule has 2 aromatic carbocycles. The van der Waals surface area contributed by atoms with Crippen molar-refractivity contribution >= 4 is 17.7 Å². The van der Waals surface area contributed by atoms with Crippen molar-refractivity contribution in [2.24, 2.45) is 0 Å². The Kier molecular flexibility index (Phi) is 7.43. The SMILES string of the molecule is COCCn1c(SCC(=O)N[C@H](C)c2ccccc2)nnc1-c1cccc(C)c1. The molecule has 29 heavy (non-hydrogen) atoms. The van der Waals surface area contributed by atoms with Gasteiger partial charge in [0.25, 0.3) is 0 Å². The van der Waals surface area contributed by atoms with Crippen LogP contribution in [0.1, 0.15) is 24.1 Å². The highest BCUT2D eigenvalue weighted by molar-refractivity contribution is 7.99. The Morgan fingerprint density at radius 2 is 1.97 bits per heavy atom. The number of methoxy groups -OCH3 is 1. The van der Waals surface area contributed by atoms with Crippen molar-refractivity contribution in [2.45, 2.75) is 31.6 Å². The van der Waals surface area contributed by atoms with Crippen molar-refractivity contribution in [2.75, 3.05) is 19.5 Å². The summed E-state index contributed by atoms with van der Waals surface area (Å²) in [7, 11) is 1.67. The molecule has 3 rings (SSSR count). The average molecular weight is 411 g/mol. The molecule has 1 heterocycles. The van der Waals surface area contributed by atoms with Crippen molar-refractivity contribution in [1.29, 1.82) is 0 Å². The summed E-state index contributed by atoms with van der Waals surface area (Å²) in [6.07, 6.45) is 0. The number of nitrogens with zero attached hydrogens (tertiary/aromatic N) is 3. The van der Waals surface area contributed by atoms with Gasteiger partial charge in [0.2, 0.25) is 5.91 Å². The van der Waals surface area contributed by atoms with Crippen LogP contribution in [0.3, 0.4) is 0 Å². The van der Waals surface area contributed by atoms with Gasteiger partial charge < -0.3 is 10.1 Å². The Morgan fingerprint density at radius 3 is 2.69 bits per heavy atom. The lowest BCUT2D eigenvalue weighted by atomic mass is 10.1. The fourth-order valence-corrected chi connectivity index (χ4v) is 3.79. The molecule has 0 aliphatic carbocycles. The third-order valence-electron chi connectivity index (χ3n) is 4.52. The zero-order valence-corrected chi connectivity index (χ0v) is 17.8. The number of ether oxygens (including phenoxy) is 1. The van der Waals surface area contributed by atoms with E-state index in [9.17, 15) is 4.79 Å². The molecule has 0 spiro atoms. The van der Waals surface area contributed by atoms with Crippen molar-refractivity contribution in [3.05, 3.63) is 65.7 Å². The molecule has 0 fully saturated rings. The first-order chi connectivity index (χ1) is 14.1. The predicted molar refractivity (Wildman–Crippen MR) is 116 cm³/mol. The summed E-state index contributed by atoms with van der Waals surface area (Å²) in [6, 6.07) is 18.0. The van der Waals surface area contributed by atoms with E-state index in [0.717, 1.165) is 22.5 Å². The maximum Gasteiger partial charge on any atom is 0.230 e. The van der Waals surface area contributed by atoms with Crippen LogP contribution in [0.5, 0.6) is 0 Å². The van der Waals surface area contributed by atoms with Crippen LogP contribution in [0, 0.1) is 6.92 Å². The minimum absolute atomic E-state index is 0.0373. The summed E-state index contributed by atoms with van der Waals surface area (Å²) in [6.45, 7) is 5.20. The minimum atomic E-state index is -0.0430. The lowest BCUT2D eigenvalue weighted by Crippen LogP contribution is -2.28. The second kappa shape index (κ2) is 10.2. The van der Waals surface area contributed by atoms with Gasteiger partial charge in [0.05, 0.1) is 24.9 Å². The molecular weight excluding hydrogens is 384 g/mol. The number of benzene rings is 2. The van der Waals surface area contributed by atoms with Gasteiger partial charge >= 0.3 is 0 Å². The molecule has 1 atom stereocenters. The summed E-state index contributed by atoms with van der Waals surface area (Å²) in [5.41, 5.74) is 3.24. The third kappa shape index (κ3) is 5.68. The number of rotatable bonds is 9. The van der Waals surface area contributed by atoms with Crippen LogP contribution in [0.2, 0.25) is 0 Å². The average Bonchev–Trinajstić information content (AvgIpc) is 3.14. The number of nitrogens with one attached hydrogen (secondary N) is 1. The maximum absolute atomic E-state index is 12.4. The standard InChI is InChI=1S/C22H26N4O2S/c1-16-8-7-11-19(14-16)21-24-25-22(26(21)12-13-28-3)29-15-20(27)23-17(2)18-9-5-4-6-10-18/h4-11,14,17H,12-13,15H2,1-3H3,(H,23,27)/t17-/m1/s1. The molecule has 0 bridgehead atoms. The number of aryl methyl sites for hydroxylation is 1. The number of aromatic nitrogens is 3. The fraction of sp³-hybridized carbons (Fsp3) is 0.318. The number of hydrogen-bond donors (Lipinski definition) is 1. The molecule has 7 heteroatoms. The van der Waals surface area contributed by atoms with E-state index in [2.05, 4.69) is 21.6 Å². The smallest absolute Gasteiger partial charge is 0.230 e. The molecule has 152 valence electrons. The number of hydrogen-bond acceptors (Lipinski definition) is 5. The molecule has 0 saturated heterocycles. The zero-order valence-electron chi connectivity index (χ0n) is 17.0. The van der Waals surface area contributed by atoms with Gasteiger partial charge in [-0.05, 0) is 25.5 Å². The van der Waals surface area contributed by atoms with Gasteiger partial charge in [-0.15, -0.1) is 10.2 Å². The maximum atomic E-state index is 12.4. The van der Waals surface area contributed by atoms with Crippen LogP contribution < -0.4 is 5.32 Å². The van der Waals surface area contributed by atoms with Crippen LogP contribution in [-0.4, -0.2) is 40.1 Å². The highest BCUT2D eigenvalue weighted by Crippen LogP contribution is 2.25. The van der Waals surface area contributed by atoms with Gasteiger partial charge in [0.1, 0.15) is 0 Å². The molecule has 0 unspecified atom stereocenters. The molecule has 3 aromatic rings. The quantitative estimate of drug-likeness (QED) is 0.543. The van der Waals surface area contributed by atoms with Crippen molar-refractivity contribution < 1.29 is 9.53 Å². The van der Waals surface area contributed by atoms with E-state index in [4.69, 9.17) is 4.74 Å². The zero-order chi connectivity index (χ0) is 20.6. The highest BCUT2D eigenvalue weighted by atomic mass is 32.2. The van der Waals surface area contributed by atoms with E-state index in [0.29, 0.717) is 18.3 Å². The van der Waals surface area contributed by atoms with Crippen molar-refractivity contribution in [3.63, 3.8) is 0 Å². The second-order valence-electron chi connectivity index (χ2n) is 6.81. The molecule has 1 N–H and O–H groups in total. The topological polar surface area (TPSA) is 69.0 Å². The Hall–Kier alpha value is -2.64. The molecular formula is C22H26N4O2S. The molecule has 0 aliphatic rings. The third-order valence-corrected chi connectivity index (χ3v) is 5.49. The van der Waals surface area contributed by atoms with Crippen LogP contribution in [0.4, 0.5) is 0 Å². The summed E-state index contributed by atoms with van der Waals surface area (Å²) in [5.74, 6) is 1.02. The molecule has 0 aliphatic heterocycles. The van der Waals surface area contributed by atoms with Crippen LogP contribution in [-0.2, 0) is 16.1 Å². The fourth-order valence-electron chi connectivity index (χ4n) is 3.02. The monoisotopic (exact) mass is 410 g/mol. The first-order valence-electron chi connectivity index (χ1n) is 9.54. The summed E-state index contributed by atoms with van der Waals surface area (Å²) < 4.78 is 7.26. The number of carbonyl (C=O) groups is 1. The Labute approximate surface area is 175 Å². The largest absolute Gasteiger partial charge is 0.383 e. The number of amides is 1. The summed E-state index contributed by atoms with van der Waals surface area (Å²) in [4.78, 5) is 12.4. The van der Waals surface area contributed by atoms with Crippen molar-refractivity contribution in [1.82, 2.24) is 20.1 Å². The molecule has 0 saturated carbocycles. The molecule has 6 nitrogen and oxygen atoms in total. The van der Waals surface area contributed by atoms with Gasteiger partial charge in [-0.2, -0.15) is 0 Å². The van der Waals surface area contributed by atoms with E-state index in [1.54, 1.807) is 7.11 Å². The van der Waals surface area contributed by atoms with E-state index >= 15 is 0 Å². The number of carbonyl (C=O) groups excluding carboxylic acids is 1. The van der Waals surface area contributed by atoms with Gasteiger partial charge in [-0.1, -0.05) is 65.9 Å². The van der Waals surface area contributed by atoms with Gasteiger partial charge in [-0.3, -0.25) is 9.36 Å². The minimum Gasteiger partial charge on any atom is -0.383 e. The van der Waals surface area contributed by atoms with E-state index < -0.39 is 0 Å². The lowest BCUT2D eigenvalue weighted by molar-refractivity contribution is -0.119. The number of thioether (sulfide) groups is 1.